The Kier molecular flexibility index (Phi) is 3.98. The van der Waals surface area contributed by atoms with Crippen LogP contribution in [-0.2, 0) is 4.79 Å². The van der Waals surface area contributed by atoms with Gasteiger partial charge in [0.25, 0.3) is 0 Å². The van der Waals surface area contributed by atoms with Crippen LogP contribution in [0.25, 0.3) is 0 Å². The molecule has 1 saturated carbocycles. The second kappa shape index (κ2) is 4.91. The minimum absolute atomic E-state index is 0.0296. The summed E-state index contributed by atoms with van der Waals surface area (Å²) in [5.74, 6) is 0.170. The second-order valence-electron chi connectivity index (χ2n) is 5.12. The fourth-order valence-electron chi connectivity index (χ4n) is 2.56. The van der Waals surface area contributed by atoms with E-state index in [0.29, 0.717) is 18.8 Å². The molecule has 0 radical (unpaired) electrons. The van der Waals surface area contributed by atoms with Crippen LogP contribution in [0.2, 0.25) is 0 Å². The highest BCUT2D eigenvalue weighted by Crippen LogP contribution is 2.46. The van der Waals surface area contributed by atoms with E-state index in [2.05, 4.69) is 5.16 Å². The Hall–Kier alpha value is -1.30. The molecule has 6 nitrogen and oxygen atoms in total. The van der Waals surface area contributed by atoms with Crippen LogP contribution in [0.1, 0.15) is 26.7 Å². The maximum Gasteiger partial charge on any atom is 0.236 e. The summed E-state index contributed by atoms with van der Waals surface area (Å²) < 4.78 is 0. The van der Waals surface area contributed by atoms with Crippen LogP contribution in [0.5, 0.6) is 0 Å². The molecule has 1 aliphatic rings. The molecule has 1 aliphatic carbocycles. The summed E-state index contributed by atoms with van der Waals surface area (Å²) in [6.45, 7) is 3.88. The molecule has 0 bridgehead atoms. The lowest BCUT2D eigenvalue weighted by atomic mass is 9.61. The smallest absolute Gasteiger partial charge is 0.236 e. The minimum atomic E-state index is -0.877. The lowest BCUT2D eigenvalue weighted by Crippen LogP contribution is -2.57. The number of likely N-dealkylation sites (N-methyl/N-ethyl adjacent to an activating group) is 1. The molecule has 4 N–H and O–H groups in total. The van der Waals surface area contributed by atoms with E-state index in [-0.39, 0.29) is 18.3 Å². The van der Waals surface area contributed by atoms with Crippen LogP contribution in [0.3, 0.4) is 0 Å². The largest absolute Gasteiger partial charge is 0.409 e. The Morgan fingerprint density at radius 2 is 2.18 bits per heavy atom. The molecule has 0 aliphatic heterocycles. The van der Waals surface area contributed by atoms with Gasteiger partial charge in [0.2, 0.25) is 5.91 Å². The zero-order valence-corrected chi connectivity index (χ0v) is 10.6. The summed E-state index contributed by atoms with van der Waals surface area (Å²) in [6, 6.07) is 0. The van der Waals surface area contributed by atoms with Gasteiger partial charge in [0.1, 0.15) is 5.41 Å². The summed E-state index contributed by atoms with van der Waals surface area (Å²) in [5, 5.41) is 21.0. The number of nitrogens with two attached hydrogens (primary N) is 1. The number of carbonyl (C=O) groups excluding carboxylic acids is 1. The van der Waals surface area contributed by atoms with Crippen LogP contribution in [-0.4, -0.2) is 46.7 Å². The number of oxime groups is 1. The Morgan fingerprint density at radius 1 is 1.65 bits per heavy atom. The molecule has 1 atom stereocenters. The van der Waals surface area contributed by atoms with Crippen molar-refractivity contribution in [1.29, 1.82) is 0 Å². The molecule has 0 spiro atoms. The van der Waals surface area contributed by atoms with Gasteiger partial charge in [-0.2, -0.15) is 0 Å². The van der Waals surface area contributed by atoms with Gasteiger partial charge in [-0.3, -0.25) is 4.79 Å². The Balaban J connectivity index is 2.83. The third kappa shape index (κ3) is 2.52. The third-order valence-electron chi connectivity index (χ3n) is 3.29. The fraction of sp³-hybridized carbons (Fsp3) is 0.818. The second-order valence-corrected chi connectivity index (χ2v) is 5.12. The first-order valence-corrected chi connectivity index (χ1v) is 5.75. The zero-order chi connectivity index (χ0) is 13.2. The maximum absolute atomic E-state index is 12.3. The van der Waals surface area contributed by atoms with E-state index in [4.69, 9.17) is 10.9 Å². The van der Waals surface area contributed by atoms with Crippen LogP contribution in [0.15, 0.2) is 5.16 Å². The molecule has 1 amide bonds. The van der Waals surface area contributed by atoms with Gasteiger partial charge >= 0.3 is 0 Å². The van der Waals surface area contributed by atoms with Crippen molar-refractivity contribution in [3.05, 3.63) is 0 Å². The summed E-state index contributed by atoms with van der Waals surface area (Å²) in [6.07, 6.45) is 0.586. The monoisotopic (exact) mass is 243 g/mol. The van der Waals surface area contributed by atoms with Gasteiger partial charge in [-0.05, 0) is 25.7 Å². The average Bonchev–Trinajstić information content (AvgIpc) is 2.21. The number of hydrogen-bond donors (Lipinski definition) is 3. The van der Waals surface area contributed by atoms with Crippen molar-refractivity contribution >= 4 is 11.7 Å². The van der Waals surface area contributed by atoms with Crippen molar-refractivity contribution in [2.45, 2.75) is 32.8 Å². The first kappa shape index (κ1) is 13.8. The van der Waals surface area contributed by atoms with Gasteiger partial charge in [0, 0.05) is 13.6 Å². The molecule has 0 aromatic heterocycles. The van der Waals surface area contributed by atoms with Crippen LogP contribution >= 0.6 is 0 Å². The molecule has 1 rings (SSSR count). The number of rotatable bonds is 4. The molecular weight excluding hydrogens is 222 g/mol. The van der Waals surface area contributed by atoms with Crippen molar-refractivity contribution in [2.75, 3.05) is 13.6 Å². The van der Waals surface area contributed by atoms with Crippen molar-refractivity contribution in [3.8, 4) is 0 Å². The zero-order valence-electron chi connectivity index (χ0n) is 10.6. The topological polar surface area (TPSA) is 99.2 Å². The van der Waals surface area contributed by atoms with E-state index in [1.165, 1.54) is 4.90 Å². The fourth-order valence-corrected chi connectivity index (χ4v) is 2.56. The van der Waals surface area contributed by atoms with Gasteiger partial charge in [0.05, 0.1) is 6.10 Å². The van der Waals surface area contributed by atoms with Crippen molar-refractivity contribution < 1.29 is 15.1 Å². The van der Waals surface area contributed by atoms with Gasteiger partial charge < -0.3 is 20.9 Å². The highest BCUT2D eigenvalue weighted by Gasteiger charge is 2.53. The molecule has 6 heteroatoms. The lowest BCUT2D eigenvalue weighted by Gasteiger charge is -2.45. The van der Waals surface area contributed by atoms with E-state index in [0.717, 1.165) is 0 Å². The van der Waals surface area contributed by atoms with E-state index in [1.54, 1.807) is 14.0 Å². The summed E-state index contributed by atoms with van der Waals surface area (Å²) >= 11 is 0. The maximum atomic E-state index is 12.3. The number of amides is 1. The molecule has 98 valence electrons. The summed E-state index contributed by atoms with van der Waals surface area (Å²) in [7, 11) is 1.62. The molecule has 0 aromatic rings. The molecule has 0 saturated heterocycles. The highest BCUT2D eigenvalue weighted by atomic mass is 16.4. The van der Waals surface area contributed by atoms with Crippen LogP contribution in [0, 0.1) is 11.3 Å². The SMILES string of the molecule is CC(O)CN(C)C(=O)C1(C(N)=NO)CC(C)C1. The highest BCUT2D eigenvalue weighted by molar-refractivity contribution is 6.07. The quantitative estimate of drug-likeness (QED) is 0.280. The Morgan fingerprint density at radius 3 is 2.53 bits per heavy atom. The van der Waals surface area contributed by atoms with Crippen molar-refractivity contribution in [1.82, 2.24) is 4.90 Å². The van der Waals surface area contributed by atoms with E-state index in [1.807, 2.05) is 6.92 Å². The van der Waals surface area contributed by atoms with E-state index < -0.39 is 11.5 Å². The Bertz CT molecular complexity index is 322. The van der Waals surface area contributed by atoms with E-state index in [9.17, 15) is 9.90 Å². The molecule has 17 heavy (non-hydrogen) atoms. The molecule has 1 unspecified atom stereocenters. The third-order valence-corrected chi connectivity index (χ3v) is 3.29. The van der Waals surface area contributed by atoms with Crippen molar-refractivity contribution in [3.63, 3.8) is 0 Å². The predicted octanol–water partition coefficient (Wildman–Crippen LogP) is -0.0117. The van der Waals surface area contributed by atoms with Crippen LogP contribution in [0.4, 0.5) is 0 Å². The van der Waals surface area contributed by atoms with E-state index >= 15 is 0 Å². The van der Waals surface area contributed by atoms with Crippen LogP contribution < -0.4 is 5.73 Å². The first-order valence-electron chi connectivity index (χ1n) is 5.75. The van der Waals surface area contributed by atoms with Gasteiger partial charge in [-0.25, -0.2) is 0 Å². The van der Waals surface area contributed by atoms with Gasteiger partial charge in [-0.1, -0.05) is 12.1 Å². The normalized spacial score (nSPS) is 30.6. The predicted molar refractivity (Wildman–Crippen MR) is 63.6 cm³/mol. The minimum Gasteiger partial charge on any atom is -0.409 e. The number of amidine groups is 1. The number of aliphatic hydroxyl groups excluding tert-OH is 1. The molecule has 0 heterocycles. The lowest BCUT2D eigenvalue weighted by molar-refractivity contribution is -0.144. The van der Waals surface area contributed by atoms with Gasteiger partial charge in [-0.15, -0.1) is 0 Å². The molecule has 1 fully saturated rings. The number of carbonyl (C=O) groups is 1. The summed E-state index contributed by atoms with van der Waals surface area (Å²) in [4.78, 5) is 13.7. The standard InChI is InChI=1S/C11H21N3O3/c1-7-4-11(5-7,9(12)13-17)10(16)14(3)6-8(2)15/h7-8,15,17H,4-6H2,1-3H3,(H2,12,13). The molecular formula is C11H21N3O3. The van der Waals surface area contributed by atoms with Gasteiger partial charge in [0.15, 0.2) is 5.84 Å². The average molecular weight is 243 g/mol. The first-order chi connectivity index (χ1) is 7.83. The number of aliphatic hydroxyl groups is 1. The molecule has 0 aromatic carbocycles. The number of nitrogens with zero attached hydrogens (tertiary/aromatic N) is 2. The summed E-state index contributed by atoms with van der Waals surface area (Å²) in [5.41, 5.74) is 4.76. The number of hydrogen-bond acceptors (Lipinski definition) is 4. The van der Waals surface area contributed by atoms with Crippen molar-refractivity contribution in [2.24, 2.45) is 22.2 Å². The Labute approximate surface area is 101 Å².